The van der Waals surface area contributed by atoms with Crippen molar-refractivity contribution in [1.82, 2.24) is 25.5 Å². The molecule has 3 aliphatic carbocycles. The largest absolute Gasteiger partial charge is 0.495 e. The minimum atomic E-state index is -1.53. The maximum Gasteiger partial charge on any atom is 0.408 e. The van der Waals surface area contributed by atoms with Crippen molar-refractivity contribution in [3.05, 3.63) is 42.1 Å². The molecule has 16 heteroatoms. The van der Waals surface area contributed by atoms with E-state index in [2.05, 4.69) is 27.5 Å². The van der Waals surface area contributed by atoms with Crippen LogP contribution in [0, 0.1) is 23.2 Å². The molecule has 1 saturated heterocycles. The average molecular weight is 793 g/mol. The molecule has 1 aliphatic heterocycles. The Hall–Kier alpha value is -5.05. The van der Waals surface area contributed by atoms with Gasteiger partial charge in [-0.2, -0.15) is 4.98 Å². The van der Waals surface area contributed by atoms with E-state index < -0.39 is 58.9 Å². The van der Waals surface area contributed by atoms with Crippen molar-refractivity contribution in [2.75, 3.05) is 19.0 Å². The summed E-state index contributed by atoms with van der Waals surface area (Å²) in [5, 5.41) is 19.5. The van der Waals surface area contributed by atoms with Gasteiger partial charge < -0.3 is 44.6 Å². The van der Waals surface area contributed by atoms with Gasteiger partial charge in [0.2, 0.25) is 11.8 Å². The number of carbonyl (C=O) groups is 4. The first-order valence-electron chi connectivity index (χ1n) is 19.0. The van der Waals surface area contributed by atoms with Crippen LogP contribution in [0.2, 0.25) is 5.02 Å². The van der Waals surface area contributed by atoms with Crippen LogP contribution in [0.3, 0.4) is 0 Å². The number of nitrogens with one attached hydrogen (secondary N) is 3. The molecule has 0 radical (unpaired) electrons. The maximum absolute atomic E-state index is 14.6. The molecule has 15 nitrogen and oxygen atoms in total. The van der Waals surface area contributed by atoms with E-state index >= 15 is 0 Å². The van der Waals surface area contributed by atoms with E-state index in [1.54, 1.807) is 18.2 Å². The second-order valence-corrected chi connectivity index (χ2v) is 17.2. The molecule has 3 amide bonds. The number of rotatable bonds is 13. The van der Waals surface area contributed by atoms with Crippen molar-refractivity contribution in [1.29, 1.82) is 0 Å². The summed E-state index contributed by atoms with van der Waals surface area (Å²) in [6, 6.07) is 3.25. The van der Waals surface area contributed by atoms with Crippen LogP contribution in [-0.2, 0) is 19.1 Å². The van der Waals surface area contributed by atoms with Crippen LogP contribution in [0.4, 0.5) is 10.8 Å². The number of carboxylic acids is 1. The highest BCUT2D eigenvalue weighted by molar-refractivity contribution is 6.36. The number of carbonyl (C=O) groups excluding carboxylic acids is 3. The molecule has 7 atom stereocenters. The molecular weight excluding hydrogens is 744 g/mol. The van der Waals surface area contributed by atoms with Crippen molar-refractivity contribution in [2.24, 2.45) is 23.2 Å². The Balaban J connectivity index is 1.20. The number of methoxy groups -OCH3 is 1. The Bertz CT molecular complexity index is 2050. The number of likely N-dealkylation sites (tertiary alicyclic amines) is 1. The highest BCUT2D eigenvalue weighted by Gasteiger charge is 2.61. The lowest BCUT2D eigenvalue weighted by atomic mass is 9.85. The summed E-state index contributed by atoms with van der Waals surface area (Å²) in [5.74, 6) is -0.932. The lowest BCUT2D eigenvalue weighted by Crippen LogP contribution is -2.59. The minimum Gasteiger partial charge on any atom is -0.495 e. The predicted molar refractivity (Wildman–Crippen MR) is 206 cm³/mol. The normalized spacial score (nSPS) is 27.0. The Kier molecular flexibility index (Phi) is 10.4. The summed E-state index contributed by atoms with van der Waals surface area (Å²) in [5.41, 5.74) is -1.19. The minimum absolute atomic E-state index is 0.00758. The van der Waals surface area contributed by atoms with Gasteiger partial charge in [0, 0.05) is 29.8 Å². The highest BCUT2D eigenvalue weighted by Crippen LogP contribution is 2.52. The van der Waals surface area contributed by atoms with Gasteiger partial charge in [0.1, 0.15) is 58.3 Å². The van der Waals surface area contributed by atoms with E-state index in [1.165, 1.54) is 24.3 Å². The molecule has 56 heavy (non-hydrogen) atoms. The Morgan fingerprint density at radius 2 is 1.80 bits per heavy atom. The maximum atomic E-state index is 14.6. The van der Waals surface area contributed by atoms with Gasteiger partial charge in [-0.15, -0.1) is 6.58 Å². The third-order valence-corrected chi connectivity index (χ3v) is 11.6. The van der Waals surface area contributed by atoms with E-state index in [-0.39, 0.29) is 36.6 Å². The molecule has 300 valence electrons. The molecule has 7 rings (SSSR count). The summed E-state index contributed by atoms with van der Waals surface area (Å²) in [7, 11) is 1.49. The van der Waals surface area contributed by atoms with Crippen molar-refractivity contribution in [3.8, 4) is 22.9 Å². The third kappa shape index (κ3) is 7.69. The molecule has 3 heterocycles. The molecule has 1 aromatic carbocycles. The van der Waals surface area contributed by atoms with Crippen LogP contribution in [0.5, 0.6) is 11.5 Å². The summed E-state index contributed by atoms with van der Waals surface area (Å²) < 4.78 is 23.5. The molecule has 3 aromatic rings. The Labute approximate surface area is 329 Å². The Morgan fingerprint density at radius 1 is 1.07 bits per heavy atom. The number of hydrogen-bond acceptors (Lipinski definition) is 11. The van der Waals surface area contributed by atoms with Crippen LogP contribution >= 0.6 is 11.6 Å². The number of hydrogen-bond donors (Lipinski definition) is 4. The van der Waals surface area contributed by atoms with Gasteiger partial charge in [-0.25, -0.2) is 14.6 Å². The first kappa shape index (κ1) is 39.2. The van der Waals surface area contributed by atoms with E-state index in [9.17, 15) is 24.3 Å². The second kappa shape index (κ2) is 14.8. The van der Waals surface area contributed by atoms with Gasteiger partial charge in [0.15, 0.2) is 0 Å². The van der Waals surface area contributed by atoms with Gasteiger partial charge in [-0.3, -0.25) is 9.59 Å². The molecule has 3 saturated carbocycles. The number of carboxylic acid groups (broad SMARTS) is 1. The first-order chi connectivity index (χ1) is 26.5. The number of fused-ring (bicyclic) bond motifs is 2. The zero-order valence-corrected chi connectivity index (χ0v) is 33.1. The SMILES string of the molecule is C=CC1CC1(NC(=O)C1CC(Oc2cc(-c3coc(NC(C)C)n3)nc3c(Cl)c(OC)ccc23)CN1C(=O)C(NC(=O)OC1CC2CC2C1)C(C)(C)C)C(=O)O. The fourth-order valence-electron chi connectivity index (χ4n) is 8.05. The fraction of sp³-hybridized carbons (Fsp3) is 0.550. The number of aliphatic carboxylic acids is 1. The second-order valence-electron chi connectivity index (χ2n) is 16.8. The number of alkyl carbamates (subject to hydrolysis) is 1. The van der Waals surface area contributed by atoms with Crippen molar-refractivity contribution in [3.63, 3.8) is 0 Å². The molecule has 4 fully saturated rings. The summed E-state index contributed by atoms with van der Waals surface area (Å²) in [6.07, 6.45) is 4.26. The number of nitrogens with zero attached hydrogens (tertiary/aromatic N) is 3. The number of pyridine rings is 1. The summed E-state index contributed by atoms with van der Waals surface area (Å²) in [4.78, 5) is 65.1. The van der Waals surface area contributed by atoms with E-state index in [4.69, 9.17) is 35.2 Å². The number of ether oxygens (including phenoxy) is 3. The molecule has 4 N–H and O–H groups in total. The van der Waals surface area contributed by atoms with Crippen LogP contribution < -0.4 is 25.4 Å². The topological polar surface area (TPSA) is 194 Å². The molecule has 2 aromatic heterocycles. The Morgan fingerprint density at radius 3 is 2.43 bits per heavy atom. The van der Waals surface area contributed by atoms with Crippen LogP contribution in [0.1, 0.15) is 66.7 Å². The van der Waals surface area contributed by atoms with Crippen molar-refractivity contribution < 1.29 is 42.9 Å². The third-order valence-electron chi connectivity index (χ3n) is 11.3. The number of halogens is 1. The van der Waals surface area contributed by atoms with E-state index in [1.807, 2.05) is 34.6 Å². The van der Waals surface area contributed by atoms with Gasteiger partial charge >= 0.3 is 12.1 Å². The van der Waals surface area contributed by atoms with Gasteiger partial charge in [-0.1, -0.05) is 38.4 Å². The fourth-order valence-corrected chi connectivity index (χ4v) is 8.33. The lowest BCUT2D eigenvalue weighted by Gasteiger charge is -2.35. The number of aromatic nitrogens is 2. The number of benzene rings is 1. The number of amides is 3. The molecule has 7 unspecified atom stereocenters. The van der Waals surface area contributed by atoms with Crippen LogP contribution in [-0.4, -0.2) is 93.4 Å². The lowest BCUT2D eigenvalue weighted by molar-refractivity contribution is -0.146. The monoisotopic (exact) mass is 792 g/mol. The van der Waals surface area contributed by atoms with Gasteiger partial charge in [0.25, 0.3) is 6.01 Å². The predicted octanol–water partition coefficient (Wildman–Crippen LogP) is 5.81. The average Bonchev–Trinajstić information content (AvgIpc) is 3.80. The van der Waals surface area contributed by atoms with Gasteiger partial charge in [-0.05, 0) is 68.9 Å². The smallest absolute Gasteiger partial charge is 0.408 e. The standard InChI is InChI=1S/C40H49ClN6O9/c1-8-22-16-40(22,36(50)51)46-34(48)28-14-24(17-47(28)35(49)33(39(4,5)6)45-38(52)56-23-12-20-11-21(20)13-23)55-30-15-26(27-18-54-37(44-27)42-19(2)3)43-32-25(30)9-10-29(53-7)31(32)41/h8-10,15,18-24,28,33H,1,11-14,16-17H2,2-7H3,(H,42,44)(H,45,52)(H,46,48)(H,50,51). The molecule has 0 spiro atoms. The quantitative estimate of drug-likeness (QED) is 0.152. The van der Waals surface area contributed by atoms with Gasteiger partial charge in [0.05, 0.1) is 24.9 Å². The van der Waals surface area contributed by atoms with Crippen LogP contribution in [0.15, 0.2) is 41.5 Å². The molecule has 4 aliphatic rings. The van der Waals surface area contributed by atoms with Crippen LogP contribution in [0.25, 0.3) is 22.3 Å². The molecular formula is C40H49ClN6O9. The summed E-state index contributed by atoms with van der Waals surface area (Å²) in [6.45, 7) is 13.0. The van der Waals surface area contributed by atoms with E-state index in [0.717, 1.165) is 19.3 Å². The molecule has 0 bridgehead atoms. The summed E-state index contributed by atoms with van der Waals surface area (Å²) >= 11 is 6.79. The first-order valence-corrected chi connectivity index (χ1v) is 19.4. The number of anilines is 1. The highest BCUT2D eigenvalue weighted by atomic mass is 35.5. The number of oxazole rings is 1. The van der Waals surface area contributed by atoms with Crippen molar-refractivity contribution in [2.45, 2.75) is 103 Å². The zero-order chi connectivity index (χ0) is 40.3. The van der Waals surface area contributed by atoms with E-state index in [0.29, 0.717) is 51.6 Å². The zero-order valence-electron chi connectivity index (χ0n) is 32.4. The van der Waals surface area contributed by atoms with Crippen molar-refractivity contribution >= 4 is 52.4 Å².